The Bertz CT molecular complexity index is 1390. The number of nitrogens with one attached hydrogen (secondary N) is 2. The van der Waals surface area contributed by atoms with Crippen LogP contribution in [0.2, 0.25) is 10.0 Å². The lowest BCUT2D eigenvalue weighted by atomic mass is 10.1. The van der Waals surface area contributed by atoms with Crippen molar-refractivity contribution in [2.75, 3.05) is 26.3 Å². The van der Waals surface area contributed by atoms with Gasteiger partial charge in [-0.25, -0.2) is 0 Å². The first-order chi connectivity index (χ1) is 23.7. The van der Waals surface area contributed by atoms with Crippen molar-refractivity contribution >= 4 is 35.6 Å². The molecule has 0 aromatic heterocycles. The molecule has 6 nitrogen and oxygen atoms in total. The predicted octanol–water partition coefficient (Wildman–Crippen LogP) is 9.33. The highest BCUT2D eigenvalue weighted by molar-refractivity contribution is 6.30. The molecule has 0 unspecified atom stereocenters. The third-order valence-corrected chi connectivity index (χ3v) is 9.01. The first-order valence-corrected chi connectivity index (χ1v) is 18.3. The summed E-state index contributed by atoms with van der Waals surface area (Å²) in [6.45, 7) is 6.64. The average Bonchev–Trinajstić information content (AvgIpc) is 3.10. The van der Waals surface area contributed by atoms with Crippen LogP contribution in [0.3, 0.4) is 0 Å². The van der Waals surface area contributed by atoms with Crippen LogP contribution in [0.15, 0.2) is 97.1 Å². The normalized spacial score (nSPS) is 13.6. The predicted molar refractivity (Wildman–Crippen MR) is 209 cm³/mol. The molecule has 0 aliphatic heterocycles. The standard InChI is InChI=1S/C41H52Cl2N2O4.ClH/c1-30(44-28-40(46)34-10-8-12-36(42)26-34)24-32-14-18-38(19-15-32)48-22-6-4-3-5-7-23-49-39-20-16-33(17-21-39)25-31(2)45-29-41(47)35-11-9-13-37(43)27-35;/h8-21,26-27,30-31,40-41,44-47H,3-7,22-25,28-29H2,1-2H3;1H/t30-,31-,40+,41+;/m1./s1. The monoisotopic (exact) mass is 742 g/mol. The SMILES string of the molecule is C[C@H](Cc1ccc(OCCCCCCCOc2ccc(C[C@@H](C)NC[C@H](O)c3cccc(Cl)c3)cc2)cc1)NC[C@H](O)c1cccc(Cl)c1.Cl. The number of hydrogen-bond donors (Lipinski definition) is 4. The van der Waals surface area contributed by atoms with E-state index in [0.29, 0.717) is 23.1 Å². The van der Waals surface area contributed by atoms with Gasteiger partial charge in [-0.1, -0.05) is 91.0 Å². The molecule has 0 bridgehead atoms. The Labute approximate surface area is 314 Å². The molecule has 0 aliphatic rings. The number of aliphatic hydroxyl groups is 2. The average molecular weight is 744 g/mol. The maximum Gasteiger partial charge on any atom is 0.119 e. The van der Waals surface area contributed by atoms with Crippen molar-refractivity contribution in [1.82, 2.24) is 10.6 Å². The van der Waals surface area contributed by atoms with Gasteiger partial charge in [-0.05, 0) is 110 Å². The van der Waals surface area contributed by atoms with Gasteiger partial charge >= 0.3 is 0 Å². The third-order valence-electron chi connectivity index (χ3n) is 8.54. The molecule has 0 radical (unpaired) electrons. The molecular formula is C41H53Cl3N2O4. The number of halogens is 3. The van der Waals surface area contributed by atoms with Gasteiger partial charge in [0.1, 0.15) is 11.5 Å². The van der Waals surface area contributed by atoms with E-state index in [0.717, 1.165) is 74.4 Å². The minimum Gasteiger partial charge on any atom is -0.494 e. The summed E-state index contributed by atoms with van der Waals surface area (Å²) in [6, 6.07) is 31.8. The van der Waals surface area contributed by atoms with Gasteiger partial charge in [-0.2, -0.15) is 0 Å². The zero-order valence-corrected chi connectivity index (χ0v) is 31.5. The van der Waals surface area contributed by atoms with Crippen molar-refractivity contribution in [2.45, 2.75) is 83.1 Å². The van der Waals surface area contributed by atoms with Crippen LogP contribution in [0, 0.1) is 0 Å². The van der Waals surface area contributed by atoms with Gasteiger partial charge in [0.2, 0.25) is 0 Å². The Morgan fingerprint density at radius 3 is 1.32 bits per heavy atom. The Morgan fingerprint density at radius 1 is 0.560 bits per heavy atom. The van der Waals surface area contributed by atoms with E-state index in [-0.39, 0.29) is 24.5 Å². The second kappa shape index (κ2) is 22.9. The summed E-state index contributed by atoms with van der Waals surface area (Å²) in [4.78, 5) is 0. The van der Waals surface area contributed by atoms with Crippen LogP contribution in [0.5, 0.6) is 11.5 Å². The minimum atomic E-state index is -0.590. The van der Waals surface area contributed by atoms with Crippen molar-refractivity contribution in [3.63, 3.8) is 0 Å². The number of hydrogen-bond acceptors (Lipinski definition) is 6. The Kier molecular flexibility index (Phi) is 19.1. The van der Waals surface area contributed by atoms with Gasteiger partial charge in [0.05, 0.1) is 25.4 Å². The summed E-state index contributed by atoms with van der Waals surface area (Å²) in [5.74, 6) is 1.80. The second-order valence-electron chi connectivity index (χ2n) is 12.9. The van der Waals surface area contributed by atoms with Crippen LogP contribution < -0.4 is 20.1 Å². The number of rotatable bonds is 22. The molecule has 50 heavy (non-hydrogen) atoms. The summed E-state index contributed by atoms with van der Waals surface area (Å²) in [7, 11) is 0. The third kappa shape index (κ3) is 15.6. The van der Waals surface area contributed by atoms with Crippen molar-refractivity contribution in [3.8, 4) is 11.5 Å². The fourth-order valence-electron chi connectivity index (χ4n) is 5.70. The Balaban J connectivity index is 0.00000676. The van der Waals surface area contributed by atoms with E-state index in [4.69, 9.17) is 32.7 Å². The second-order valence-corrected chi connectivity index (χ2v) is 13.8. The smallest absolute Gasteiger partial charge is 0.119 e. The number of unbranched alkanes of at least 4 members (excludes halogenated alkanes) is 4. The lowest BCUT2D eigenvalue weighted by molar-refractivity contribution is 0.170. The lowest BCUT2D eigenvalue weighted by Crippen LogP contribution is -2.32. The number of ether oxygens (including phenoxy) is 2. The van der Waals surface area contributed by atoms with Gasteiger partial charge < -0.3 is 30.3 Å². The highest BCUT2D eigenvalue weighted by atomic mass is 35.5. The van der Waals surface area contributed by atoms with Crippen LogP contribution in [0.25, 0.3) is 0 Å². The van der Waals surface area contributed by atoms with Crippen molar-refractivity contribution in [2.24, 2.45) is 0 Å². The van der Waals surface area contributed by atoms with Crippen molar-refractivity contribution in [1.29, 1.82) is 0 Å². The topological polar surface area (TPSA) is 83.0 Å². The summed E-state index contributed by atoms with van der Waals surface area (Å²) < 4.78 is 11.9. The molecule has 4 aromatic rings. The molecule has 4 rings (SSSR count). The minimum absolute atomic E-state index is 0. The molecule has 0 saturated heterocycles. The molecule has 9 heteroatoms. The molecule has 0 spiro atoms. The van der Waals surface area contributed by atoms with Gasteiger partial charge in [0, 0.05) is 35.2 Å². The summed E-state index contributed by atoms with van der Waals surface area (Å²) in [5, 5.41) is 29.0. The first-order valence-electron chi connectivity index (χ1n) is 17.5. The van der Waals surface area contributed by atoms with Gasteiger partial charge in [-0.15, -0.1) is 12.4 Å². The Hall–Kier alpha value is -2.81. The summed E-state index contributed by atoms with van der Waals surface area (Å²) in [5.41, 5.74) is 4.10. The molecule has 0 amide bonds. The number of aliphatic hydroxyl groups excluding tert-OH is 2. The molecule has 0 aliphatic carbocycles. The first kappa shape index (κ1) is 41.6. The zero-order chi connectivity index (χ0) is 34.8. The molecule has 4 atom stereocenters. The molecule has 0 heterocycles. The molecule has 272 valence electrons. The van der Waals surface area contributed by atoms with Crippen LogP contribution in [-0.2, 0) is 12.8 Å². The number of benzene rings is 4. The molecular weight excluding hydrogens is 691 g/mol. The quantitative estimate of drug-likeness (QED) is 0.0601. The van der Waals surface area contributed by atoms with E-state index in [2.05, 4.69) is 48.7 Å². The fourth-order valence-corrected chi connectivity index (χ4v) is 6.10. The maximum atomic E-state index is 10.4. The van der Waals surface area contributed by atoms with E-state index < -0.39 is 12.2 Å². The molecule has 4 N–H and O–H groups in total. The van der Waals surface area contributed by atoms with Crippen LogP contribution in [0.1, 0.15) is 80.4 Å². The summed E-state index contributed by atoms with van der Waals surface area (Å²) >= 11 is 12.1. The van der Waals surface area contributed by atoms with E-state index in [9.17, 15) is 10.2 Å². The maximum absolute atomic E-state index is 10.4. The van der Waals surface area contributed by atoms with Crippen LogP contribution in [-0.4, -0.2) is 48.6 Å². The zero-order valence-electron chi connectivity index (χ0n) is 29.2. The summed E-state index contributed by atoms with van der Waals surface area (Å²) in [6.07, 6.45) is 6.07. The van der Waals surface area contributed by atoms with Gasteiger partial charge in [-0.3, -0.25) is 0 Å². The van der Waals surface area contributed by atoms with Gasteiger partial charge in [0.15, 0.2) is 0 Å². The van der Waals surface area contributed by atoms with E-state index in [1.807, 2.05) is 60.7 Å². The molecule has 0 fully saturated rings. The highest BCUT2D eigenvalue weighted by Gasteiger charge is 2.12. The Morgan fingerprint density at radius 2 is 0.940 bits per heavy atom. The molecule has 4 aromatic carbocycles. The van der Waals surface area contributed by atoms with E-state index >= 15 is 0 Å². The van der Waals surface area contributed by atoms with Crippen LogP contribution >= 0.6 is 35.6 Å². The van der Waals surface area contributed by atoms with E-state index in [1.54, 1.807) is 12.1 Å². The largest absolute Gasteiger partial charge is 0.494 e. The molecule has 0 saturated carbocycles. The lowest BCUT2D eigenvalue weighted by Gasteiger charge is -2.18. The van der Waals surface area contributed by atoms with Gasteiger partial charge in [0.25, 0.3) is 0 Å². The van der Waals surface area contributed by atoms with Crippen molar-refractivity contribution < 1.29 is 19.7 Å². The fraction of sp³-hybridized carbons (Fsp3) is 0.415. The van der Waals surface area contributed by atoms with Crippen molar-refractivity contribution in [3.05, 3.63) is 129 Å². The highest BCUT2D eigenvalue weighted by Crippen LogP contribution is 2.20. The van der Waals surface area contributed by atoms with E-state index in [1.165, 1.54) is 17.5 Å². The van der Waals surface area contributed by atoms with Crippen LogP contribution in [0.4, 0.5) is 0 Å².